The van der Waals surface area contributed by atoms with E-state index < -0.39 is 0 Å². The summed E-state index contributed by atoms with van der Waals surface area (Å²) in [4.78, 5) is 32.0. The molecular weight excluding hydrogens is 378 g/mol. The van der Waals surface area contributed by atoms with Gasteiger partial charge in [-0.1, -0.05) is 25.5 Å². The molecule has 0 aliphatic rings. The van der Waals surface area contributed by atoms with Crippen molar-refractivity contribution in [2.45, 2.75) is 40.2 Å². The van der Waals surface area contributed by atoms with Crippen molar-refractivity contribution in [2.24, 2.45) is 0 Å². The molecule has 3 rings (SSSR count). The molecule has 7 nitrogen and oxygen atoms in total. The summed E-state index contributed by atoms with van der Waals surface area (Å²) < 4.78 is 1.50. The Labute approximate surface area is 176 Å². The first-order valence-electron chi connectivity index (χ1n) is 10.5. The van der Waals surface area contributed by atoms with Crippen LogP contribution in [0.1, 0.15) is 44.0 Å². The zero-order chi connectivity index (χ0) is 21.5. The molecule has 1 aromatic heterocycles. The van der Waals surface area contributed by atoms with Crippen molar-refractivity contribution in [1.82, 2.24) is 15.0 Å². The lowest BCUT2D eigenvalue weighted by Gasteiger charge is -2.23. The Balaban J connectivity index is 1.73. The fourth-order valence-corrected chi connectivity index (χ4v) is 3.38. The van der Waals surface area contributed by atoms with Crippen molar-refractivity contribution in [3.05, 3.63) is 64.4 Å². The number of para-hydroxylation sites is 1. The zero-order valence-corrected chi connectivity index (χ0v) is 17.8. The lowest BCUT2D eigenvalue weighted by molar-refractivity contribution is 0.0962. The first-order valence-corrected chi connectivity index (χ1v) is 10.5. The Morgan fingerprint density at radius 2 is 1.80 bits per heavy atom. The quantitative estimate of drug-likeness (QED) is 0.528. The third kappa shape index (κ3) is 4.62. The highest BCUT2D eigenvalue weighted by Crippen LogP contribution is 2.16. The lowest BCUT2D eigenvalue weighted by Crippen LogP contribution is -2.34. The van der Waals surface area contributed by atoms with Crippen molar-refractivity contribution < 1.29 is 4.79 Å². The molecule has 0 unspecified atom stereocenters. The van der Waals surface area contributed by atoms with Crippen LogP contribution >= 0.6 is 0 Å². The number of benzene rings is 2. The largest absolute Gasteiger partial charge is 0.372 e. The second-order valence-corrected chi connectivity index (χ2v) is 7.06. The number of nitrogens with one attached hydrogen (secondary N) is 2. The molecule has 2 N–H and O–H groups in total. The average molecular weight is 408 g/mol. The van der Waals surface area contributed by atoms with Crippen LogP contribution in [0.2, 0.25) is 0 Å². The first kappa shape index (κ1) is 21.4. The minimum absolute atomic E-state index is 0.143. The Morgan fingerprint density at radius 3 is 2.47 bits per heavy atom. The minimum atomic E-state index is -0.289. The number of carbonyl (C=O) groups excluding carboxylic acids is 1. The molecule has 0 saturated carbocycles. The van der Waals surface area contributed by atoms with E-state index in [1.165, 1.54) is 4.57 Å². The van der Waals surface area contributed by atoms with Crippen LogP contribution in [-0.2, 0) is 6.54 Å². The smallest absolute Gasteiger partial charge is 0.269 e. The highest BCUT2D eigenvalue weighted by atomic mass is 16.2. The first-order chi connectivity index (χ1) is 14.6. The summed E-state index contributed by atoms with van der Waals surface area (Å²) >= 11 is 0. The highest BCUT2D eigenvalue weighted by Gasteiger charge is 2.12. The molecule has 0 radical (unpaired) electrons. The molecule has 0 aliphatic carbocycles. The van der Waals surface area contributed by atoms with Gasteiger partial charge in [0.15, 0.2) is 0 Å². The van der Waals surface area contributed by atoms with E-state index in [0.717, 1.165) is 31.6 Å². The van der Waals surface area contributed by atoms with Gasteiger partial charge >= 0.3 is 0 Å². The van der Waals surface area contributed by atoms with Crippen molar-refractivity contribution in [3.63, 3.8) is 0 Å². The number of rotatable bonds is 9. The zero-order valence-electron chi connectivity index (χ0n) is 17.8. The van der Waals surface area contributed by atoms with Crippen LogP contribution in [0, 0.1) is 0 Å². The van der Waals surface area contributed by atoms with Crippen molar-refractivity contribution >= 4 is 28.4 Å². The number of hydrogen-bond donors (Lipinski definition) is 2. The lowest BCUT2D eigenvalue weighted by atomic mass is 10.1. The standard InChI is InChI=1S/C23H29N5O2/c1-4-7-16-27(5-2)18-14-12-17(13-15-18)21(29)25-26-23-24-20-11-9-8-10-19(20)22(30)28(23)6-3/h8-15H,4-7,16H2,1-3H3,(H,24,26)(H,25,29). The third-order valence-corrected chi connectivity index (χ3v) is 5.12. The van der Waals surface area contributed by atoms with Crippen LogP contribution in [0.5, 0.6) is 0 Å². The third-order valence-electron chi connectivity index (χ3n) is 5.12. The summed E-state index contributed by atoms with van der Waals surface area (Å²) in [6.45, 7) is 8.54. The SMILES string of the molecule is CCCCN(CC)c1ccc(C(=O)NNc2nc3ccccc3c(=O)n2CC)cc1. The molecule has 0 aliphatic heterocycles. The minimum Gasteiger partial charge on any atom is -0.372 e. The summed E-state index contributed by atoms with van der Waals surface area (Å²) in [5.74, 6) is 0.0195. The summed E-state index contributed by atoms with van der Waals surface area (Å²) in [5, 5.41) is 0.551. The predicted octanol–water partition coefficient (Wildman–Crippen LogP) is 3.80. The Bertz CT molecular complexity index is 1060. The Morgan fingerprint density at radius 1 is 1.07 bits per heavy atom. The van der Waals surface area contributed by atoms with E-state index in [2.05, 4.69) is 34.6 Å². The molecule has 2 aromatic carbocycles. The molecule has 30 heavy (non-hydrogen) atoms. The normalized spacial score (nSPS) is 10.8. The van der Waals surface area contributed by atoms with E-state index in [1.807, 2.05) is 43.3 Å². The summed E-state index contributed by atoms with van der Waals surface area (Å²) in [6.07, 6.45) is 2.28. The maximum atomic E-state index is 12.7. The number of carbonyl (C=O) groups is 1. The molecule has 158 valence electrons. The van der Waals surface area contributed by atoms with Crippen LogP contribution in [0.15, 0.2) is 53.3 Å². The van der Waals surface area contributed by atoms with E-state index in [-0.39, 0.29) is 11.5 Å². The predicted molar refractivity (Wildman–Crippen MR) is 122 cm³/mol. The molecule has 0 spiro atoms. The molecule has 0 saturated heterocycles. The van der Waals surface area contributed by atoms with E-state index in [9.17, 15) is 9.59 Å². The van der Waals surface area contributed by atoms with Gasteiger partial charge in [-0.15, -0.1) is 0 Å². The number of hydrazine groups is 1. The number of aromatic nitrogens is 2. The van der Waals surface area contributed by atoms with E-state index >= 15 is 0 Å². The van der Waals surface area contributed by atoms with Gasteiger partial charge in [-0.25, -0.2) is 4.98 Å². The number of hydrogen-bond acceptors (Lipinski definition) is 5. The molecule has 1 heterocycles. The number of anilines is 2. The van der Waals surface area contributed by atoms with E-state index in [4.69, 9.17) is 0 Å². The molecule has 1 amide bonds. The second-order valence-electron chi connectivity index (χ2n) is 7.06. The van der Waals surface area contributed by atoms with Gasteiger partial charge in [0.2, 0.25) is 5.95 Å². The van der Waals surface area contributed by atoms with Crippen LogP contribution in [0.3, 0.4) is 0 Å². The molecule has 0 atom stereocenters. The number of amides is 1. The summed E-state index contributed by atoms with van der Waals surface area (Å²) in [7, 11) is 0. The summed E-state index contributed by atoms with van der Waals surface area (Å²) in [5.41, 5.74) is 7.54. The van der Waals surface area contributed by atoms with Gasteiger partial charge in [-0.05, 0) is 56.7 Å². The van der Waals surface area contributed by atoms with Gasteiger partial charge in [0, 0.05) is 30.9 Å². The molecule has 0 bridgehead atoms. The van der Waals surface area contributed by atoms with Crippen molar-refractivity contribution in [1.29, 1.82) is 0 Å². The van der Waals surface area contributed by atoms with Crippen LogP contribution in [0.4, 0.5) is 11.6 Å². The number of nitrogens with zero attached hydrogens (tertiary/aromatic N) is 3. The van der Waals surface area contributed by atoms with Gasteiger partial charge < -0.3 is 4.90 Å². The average Bonchev–Trinajstić information content (AvgIpc) is 2.78. The van der Waals surface area contributed by atoms with E-state index in [0.29, 0.717) is 29.0 Å². The van der Waals surface area contributed by atoms with Crippen molar-refractivity contribution in [2.75, 3.05) is 23.4 Å². The molecule has 3 aromatic rings. The second kappa shape index (κ2) is 9.91. The van der Waals surface area contributed by atoms with Gasteiger partial charge in [-0.3, -0.25) is 25.0 Å². The van der Waals surface area contributed by atoms with Crippen LogP contribution in [-0.4, -0.2) is 28.5 Å². The Kier molecular flexibility index (Phi) is 7.06. The van der Waals surface area contributed by atoms with Gasteiger partial charge in [0.05, 0.1) is 10.9 Å². The van der Waals surface area contributed by atoms with E-state index in [1.54, 1.807) is 12.1 Å². The number of fused-ring (bicyclic) bond motifs is 1. The van der Waals surface area contributed by atoms with Crippen molar-refractivity contribution in [3.8, 4) is 0 Å². The summed E-state index contributed by atoms with van der Waals surface area (Å²) in [6, 6.07) is 14.7. The highest BCUT2D eigenvalue weighted by molar-refractivity contribution is 5.95. The van der Waals surface area contributed by atoms with Crippen LogP contribution < -0.4 is 21.3 Å². The monoisotopic (exact) mass is 407 g/mol. The maximum absolute atomic E-state index is 12.7. The molecule has 0 fully saturated rings. The van der Waals surface area contributed by atoms with Crippen LogP contribution in [0.25, 0.3) is 10.9 Å². The fraction of sp³-hybridized carbons (Fsp3) is 0.348. The topological polar surface area (TPSA) is 79.3 Å². The van der Waals surface area contributed by atoms with Gasteiger partial charge in [0.25, 0.3) is 11.5 Å². The van der Waals surface area contributed by atoms with Gasteiger partial charge in [0.1, 0.15) is 0 Å². The van der Waals surface area contributed by atoms with Gasteiger partial charge in [-0.2, -0.15) is 0 Å². The maximum Gasteiger partial charge on any atom is 0.269 e. The Hall–Kier alpha value is -3.35. The molecule has 7 heteroatoms. The molecular formula is C23H29N5O2. The number of unbranched alkanes of at least 4 members (excludes halogenated alkanes) is 1. The fourth-order valence-electron chi connectivity index (χ4n) is 3.38.